The van der Waals surface area contributed by atoms with Gasteiger partial charge in [0.2, 0.25) is 0 Å². The summed E-state index contributed by atoms with van der Waals surface area (Å²) in [5.41, 5.74) is 4.60. The Balaban J connectivity index is 0.00000109. The van der Waals surface area contributed by atoms with Gasteiger partial charge in [-0.05, 0) is 54.5 Å². The Morgan fingerprint density at radius 3 is 2.68 bits per heavy atom. The molecule has 3 rings (SSSR count). The zero-order valence-corrected chi connectivity index (χ0v) is 14.6. The Hall–Kier alpha value is -3.43. The molecule has 2 aromatic heterocycles. The van der Waals surface area contributed by atoms with Gasteiger partial charge in [-0.1, -0.05) is 31.9 Å². The minimum absolute atomic E-state index is 0.279. The van der Waals surface area contributed by atoms with Crippen LogP contribution in [-0.4, -0.2) is 15.7 Å². The number of hydrogen-bond donors (Lipinski definition) is 1. The first-order valence-corrected chi connectivity index (χ1v) is 8.06. The van der Waals surface area contributed by atoms with Crippen LogP contribution in [0, 0.1) is 36.8 Å². The molecular weight excluding hydrogens is 306 g/mol. The minimum atomic E-state index is 0.279. The molecule has 1 aromatic carbocycles. The van der Waals surface area contributed by atoms with Crippen LogP contribution in [0.2, 0.25) is 0 Å². The molecule has 3 heteroatoms. The van der Waals surface area contributed by atoms with Gasteiger partial charge in [0.1, 0.15) is 0 Å². The van der Waals surface area contributed by atoms with E-state index in [1.807, 2.05) is 45.0 Å². The summed E-state index contributed by atoms with van der Waals surface area (Å²) in [6.07, 6.45) is 11.8. The Kier molecular flexibility index (Phi) is 6.04. The highest BCUT2D eigenvalue weighted by Gasteiger charge is 2.10. The molecule has 0 amide bonds. The molecule has 2 heterocycles. The van der Waals surface area contributed by atoms with E-state index in [2.05, 4.69) is 28.0 Å². The molecule has 1 N–H and O–H groups in total. The fourth-order valence-corrected chi connectivity index (χ4v) is 2.38. The Bertz CT molecular complexity index is 948. The number of nitrogens with one attached hydrogen (secondary N) is 1. The highest BCUT2D eigenvalue weighted by atomic mass is 14.7. The molecule has 0 aliphatic heterocycles. The average molecular weight is 325 g/mol. The van der Waals surface area contributed by atoms with Gasteiger partial charge < -0.3 is 0 Å². The van der Waals surface area contributed by atoms with E-state index in [9.17, 15) is 0 Å². The molecule has 0 saturated carbocycles. The van der Waals surface area contributed by atoms with E-state index in [0.717, 1.165) is 27.6 Å². The zero-order chi connectivity index (χ0) is 18.2. The number of aryl methyl sites for hydroxylation is 1. The largest absolute Gasteiger partial charge is 0.299 e. The quantitative estimate of drug-likeness (QED) is 0.556. The molecule has 0 radical (unpaired) electrons. The van der Waals surface area contributed by atoms with Gasteiger partial charge in [0.15, 0.2) is 0 Å². The number of fused-ring (bicyclic) bond motifs is 1. The number of aromatic nitrogens is 2. The number of allylic oxidation sites excluding steroid dienone is 2. The third-order valence-corrected chi connectivity index (χ3v) is 3.50. The summed E-state index contributed by atoms with van der Waals surface area (Å²) in [7, 11) is 0. The Labute approximate surface area is 149 Å². The number of rotatable bonds is 3. The number of terminal acetylenes is 1. The maximum absolute atomic E-state index is 8.11. The van der Waals surface area contributed by atoms with Crippen molar-refractivity contribution in [3.8, 4) is 23.5 Å². The van der Waals surface area contributed by atoms with Gasteiger partial charge in [-0.25, -0.2) is 4.98 Å². The van der Waals surface area contributed by atoms with E-state index in [1.54, 1.807) is 18.5 Å². The summed E-state index contributed by atoms with van der Waals surface area (Å²) in [6.45, 7) is 5.98. The van der Waals surface area contributed by atoms with E-state index in [4.69, 9.17) is 11.8 Å². The lowest BCUT2D eigenvalue weighted by atomic mass is 10.0. The molecule has 0 fully saturated rings. The van der Waals surface area contributed by atoms with Gasteiger partial charge in [-0.15, -0.1) is 6.42 Å². The summed E-state index contributed by atoms with van der Waals surface area (Å²) in [5, 5.41) is 9.01. The van der Waals surface area contributed by atoms with Crippen molar-refractivity contribution >= 4 is 16.6 Å². The van der Waals surface area contributed by atoms with Crippen molar-refractivity contribution in [2.45, 2.75) is 20.8 Å². The zero-order valence-electron chi connectivity index (χ0n) is 14.6. The molecule has 3 aromatic rings. The van der Waals surface area contributed by atoms with Crippen LogP contribution in [0.25, 0.3) is 22.0 Å². The van der Waals surface area contributed by atoms with Crippen LogP contribution in [0.3, 0.4) is 0 Å². The number of nitrogens with zero attached hydrogens (tertiary/aromatic N) is 2. The Morgan fingerprint density at radius 2 is 2.00 bits per heavy atom. The van der Waals surface area contributed by atoms with Crippen molar-refractivity contribution in [1.29, 1.82) is 5.41 Å². The lowest BCUT2D eigenvalue weighted by Crippen LogP contribution is -2.00. The third kappa shape index (κ3) is 3.91. The van der Waals surface area contributed by atoms with E-state index < -0.39 is 0 Å². The van der Waals surface area contributed by atoms with Crippen molar-refractivity contribution in [3.63, 3.8) is 0 Å². The monoisotopic (exact) mass is 325 g/mol. The van der Waals surface area contributed by atoms with Crippen molar-refractivity contribution in [2.75, 3.05) is 0 Å². The smallest absolute Gasteiger partial charge is 0.0890 e. The fraction of sp³-hybridized carbons (Fsp3) is 0.136. The van der Waals surface area contributed by atoms with Gasteiger partial charge in [-0.2, -0.15) is 0 Å². The first kappa shape index (κ1) is 17.9. The summed E-state index contributed by atoms with van der Waals surface area (Å²) in [6, 6.07) is 13.7. The molecule has 122 valence electrons. The second kappa shape index (κ2) is 8.43. The lowest BCUT2D eigenvalue weighted by Gasteiger charge is -2.08. The van der Waals surface area contributed by atoms with Gasteiger partial charge in [0, 0.05) is 18.0 Å². The molecule has 0 aliphatic rings. The number of hydrogen-bond acceptors (Lipinski definition) is 3. The summed E-state index contributed by atoms with van der Waals surface area (Å²) in [5.74, 6) is 2.39. The molecule has 0 unspecified atom stereocenters. The highest BCUT2D eigenvalue weighted by molar-refractivity contribution is 6.07. The predicted octanol–water partition coefficient (Wildman–Crippen LogP) is 4.79. The third-order valence-electron chi connectivity index (χ3n) is 3.50. The van der Waals surface area contributed by atoms with E-state index >= 15 is 0 Å². The van der Waals surface area contributed by atoms with Crippen LogP contribution < -0.4 is 0 Å². The molecular formula is C22H19N3. The van der Waals surface area contributed by atoms with Gasteiger partial charge in [0.05, 0.1) is 22.3 Å². The van der Waals surface area contributed by atoms with Crippen molar-refractivity contribution in [3.05, 3.63) is 72.2 Å². The maximum atomic E-state index is 8.11. The van der Waals surface area contributed by atoms with Crippen LogP contribution in [0.4, 0.5) is 0 Å². The molecule has 25 heavy (non-hydrogen) atoms. The maximum Gasteiger partial charge on any atom is 0.0890 e. The van der Waals surface area contributed by atoms with Gasteiger partial charge >= 0.3 is 0 Å². The van der Waals surface area contributed by atoms with Crippen LogP contribution in [0.5, 0.6) is 0 Å². The first-order valence-electron chi connectivity index (χ1n) is 8.06. The van der Waals surface area contributed by atoms with Crippen molar-refractivity contribution < 1.29 is 0 Å². The molecule has 3 nitrogen and oxygen atoms in total. The Morgan fingerprint density at radius 1 is 1.28 bits per heavy atom. The SMILES string of the molecule is C#C/C=C\C(=N)c1cc(C)c2c#ccc(-c3ccncc3)c2n1.CC. The van der Waals surface area contributed by atoms with Crippen molar-refractivity contribution in [1.82, 2.24) is 9.97 Å². The van der Waals surface area contributed by atoms with Crippen LogP contribution >= 0.6 is 0 Å². The minimum Gasteiger partial charge on any atom is -0.299 e. The molecule has 0 bridgehead atoms. The van der Waals surface area contributed by atoms with E-state index in [-0.39, 0.29) is 5.71 Å². The van der Waals surface area contributed by atoms with E-state index in [1.165, 1.54) is 6.08 Å². The second-order valence-corrected chi connectivity index (χ2v) is 5.02. The average Bonchev–Trinajstić information content (AvgIpc) is 2.68. The predicted molar refractivity (Wildman–Crippen MR) is 104 cm³/mol. The second-order valence-electron chi connectivity index (χ2n) is 5.02. The van der Waals surface area contributed by atoms with Gasteiger partial charge in [-0.3, -0.25) is 10.4 Å². The highest BCUT2D eigenvalue weighted by Crippen LogP contribution is 2.27. The molecule has 0 saturated heterocycles. The fourth-order valence-electron chi connectivity index (χ4n) is 2.38. The number of pyridine rings is 2. The topological polar surface area (TPSA) is 49.6 Å². The van der Waals surface area contributed by atoms with Crippen LogP contribution in [0.1, 0.15) is 25.1 Å². The summed E-state index contributed by atoms with van der Waals surface area (Å²) < 4.78 is 0. The standard InChI is InChI=1S/C20H13N3.C2H6/c1-3-4-8-18(21)19-13-14(2)16-6-5-7-17(20(16)23-19)15-9-11-22-12-10-15;1-2/h1,4,7-13,21H,2H3;1-2H3/b8-4-,21-18?;. The van der Waals surface area contributed by atoms with Crippen LogP contribution in [0.15, 0.2) is 48.8 Å². The summed E-state index contributed by atoms with van der Waals surface area (Å²) in [4.78, 5) is 8.70. The summed E-state index contributed by atoms with van der Waals surface area (Å²) >= 11 is 0. The molecule has 0 spiro atoms. The van der Waals surface area contributed by atoms with Crippen molar-refractivity contribution in [2.24, 2.45) is 0 Å². The lowest BCUT2D eigenvalue weighted by molar-refractivity contribution is 1.30. The molecule has 0 aliphatic carbocycles. The molecule has 0 atom stereocenters. The van der Waals surface area contributed by atoms with Gasteiger partial charge in [0.25, 0.3) is 0 Å². The first-order chi connectivity index (χ1) is 12.2. The normalized spacial score (nSPS) is 9.84. The van der Waals surface area contributed by atoms with E-state index in [0.29, 0.717) is 5.69 Å². The van der Waals surface area contributed by atoms with Crippen LogP contribution in [-0.2, 0) is 0 Å².